The average Bonchev–Trinajstić information content (AvgIpc) is 2.16. The molecule has 0 fully saturated rings. The highest BCUT2D eigenvalue weighted by molar-refractivity contribution is 14.1. The van der Waals surface area contributed by atoms with Gasteiger partial charge in [0, 0.05) is 0 Å². The molecule has 0 radical (unpaired) electrons. The Morgan fingerprint density at radius 3 is 2.38 bits per heavy atom. The summed E-state index contributed by atoms with van der Waals surface area (Å²) in [6, 6.07) is 0. The standard InChI is InChI=1S/C11H19IO/c1-4-11(5-9(2)7-12)6-10(3)8-13/h6-7,11,13H,4-5,8H2,1-3H3/b9-7+,10-6+/t11-/m1/s1. The Hall–Kier alpha value is 0.170. The highest BCUT2D eigenvalue weighted by atomic mass is 127. The van der Waals surface area contributed by atoms with Gasteiger partial charge in [0.25, 0.3) is 0 Å². The molecule has 0 heterocycles. The van der Waals surface area contributed by atoms with Gasteiger partial charge < -0.3 is 5.11 Å². The van der Waals surface area contributed by atoms with E-state index in [4.69, 9.17) is 5.11 Å². The van der Waals surface area contributed by atoms with E-state index in [9.17, 15) is 0 Å². The van der Waals surface area contributed by atoms with Gasteiger partial charge >= 0.3 is 0 Å². The van der Waals surface area contributed by atoms with Crippen LogP contribution >= 0.6 is 22.6 Å². The minimum Gasteiger partial charge on any atom is -0.392 e. The maximum atomic E-state index is 8.89. The van der Waals surface area contributed by atoms with Crippen LogP contribution in [0.15, 0.2) is 21.3 Å². The van der Waals surface area contributed by atoms with Crippen LogP contribution in [0.25, 0.3) is 0 Å². The lowest BCUT2D eigenvalue weighted by atomic mass is 9.96. The molecule has 0 amide bonds. The van der Waals surface area contributed by atoms with E-state index in [0.29, 0.717) is 5.92 Å². The summed E-state index contributed by atoms with van der Waals surface area (Å²) in [5.41, 5.74) is 2.49. The van der Waals surface area contributed by atoms with E-state index in [1.807, 2.05) is 6.92 Å². The summed E-state index contributed by atoms with van der Waals surface area (Å²) in [7, 11) is 0. The largest absolute Gasteiger partial charge is 0.392 e. The fourth-order valence-electron chi connectivity index (χ4n) is 1.23. The highest BCUT2D eigenvalue weighted by Gasteiger charge is 2.03. The zero-order valence-electron chi connectivity index (χ0n) is 8.68. The summed E-state index contributed by atoms with van der Waals surface area (Å²) in [6.45, 7) is 6.50. The van der Waals surface area contributed by atoms with Gasteiger partial charge in [-0.05, 0) is 36.7 Å². The molecule has 1 nitrogen and oxygen atoms in total. The number of aliphatic hydroxyl groups excluding tert-OH is 1. The van der Waals surface area contributed by atoms with Gasteiger partial charge in [0.15, 0.2) is 0 Å². The van der Waals surface area contributed by atoms with Crippen LogP contribution in [-0.2, 0) is 0 Å². The molecule has 0 aromatic heterocycles. The molecule has 2 heteroatoms. The lowest BCUT2D eigenvalue weighted by Gasteiger charge is -2.11. The summed E-state index contributed by atoms with van der Waals surface area (Å²) in [4.78, 5) is 0. The molecule has 0 aliphatic carbocycles. The van der Waals surface area contributed by atoms with Crippen LogP contribution in [0.3, 0.4) is 0 Å². The molecule has 1 N–H and O–H groups in total. The molecule has 1 atom stereocenters. The number of hydrogen-bond donors (Lipinski definition) is 1. The van der Waals surface area contributed by atoms with Crippen molar-refractivity contribution in [1.82, 2.24) is 0 Å². The van der Waals surface area contributed by atoms with Gasteiger partial charge in [-0.3, -0.25) is 0 Å². The minimum atomic E-state index is 0.184. The highest BCUT2D eigenvalue weighted by Crippen LogP contribution is 2.18. The second-order valence-electron chi connectivity index (χ2n) is 3.50. The number of allylic oxidation sites excluding steroid dienone is 2. The predicted octanol–water partition coefficient (Wildman–Crippen LogP) is 3.68. The summed E-state index contributed by atoms with van der Waals surface area (Å²) < 4.78 is 2.13. The molecule has 0 aromatic carbocycles. The molecule has 0 aliphatic heterocycles. The molecule has 0 aromatic rings. The van der Waals surface area contributed by atoms with Gasteiger partial charge in [-0.1, -0.05) is 46.7 Å². The van der Waals surface area contributed by atoms with Gasteiger partial charge in [-0.15, -0.1) is 0 Å². The van der Waals surface area contributed by atoms with Crippen molar-refractivity contribution in [2.75, 3.05) is 6.61 Å². The van der Waals surface area contributed by atoms with E-state index in [1.165, 1.54) is 5.57 Å². The average molecular weight is 294 g/mol. The van der Waals surface area contributed by atoms with Crippen molar-refractivity contribution < 1.29 is 5.11 Å². The van der Waals surface area contributed by atoms with Crippen LogP contribution in [0.1, 0.15) is 33.6 Å². The fraction of sp³-hybridized carbons (Fsp3) is 0.636. The van der Waals surface area contributed by atoms with Crippen molar-refractivity contribution in [1.29, 1.82) is 0 Å². The first-order valence-corrected chi connectivity index (χ1v) is 5.92. The van der Waals surface area contributed by atoms with Gasteiger partial charge in [0.05, 0.1) is 6.61 Å². The maximum Gasteiger partial charge on any atom is 0.0639 e. The van der Waals surface area contributed by atoms with E-state index < -0.39 is 0 Å². The van der Waals surface area contributed by atoms with Crippen molar-refractivity contribution in [2.45, 2.75) is 33.6 Å². The Bertz CT molecular complexity index is 194. The van der Waals surface area contributed by atoms with E-state index in [0.717, 1.165) is 18.4 Å². The SMILES string of the molecule is CC[C@@H](/C=C(\C)CO)C/C(C)=C/I. The molecular formula is C11H19IO. The van der Waals surface area contributed by atoms with Crippen molar-refractivity contribution in [3.63, 3.8) is 0 Å². The van der Waals surface area contributed by atoms with Gasteiger partial charge in [0.2, 0.25) is 0 Å². The third-order valence-electron chi connectivity index (χ3n) is 2.06. The van der Waals surface area contributed by atoms with Crippen LogP contribution < -0.4 is 0 Å². The number of halogens is 1. The Morgan fingerprint density at radius 1 is 1.38 bits per heavy atom. The lowest BCUT2D eigenvalue weighted by molar-refractivity contribution is 0.329. The number of aliphatic hydroxyl groups is 1. The smallest absolute Gasteiger partial charge is 0.0639 e. The van der Waals surface area contributed by atoms with Crippen molar-refractivity contribution in [3.05, 3.63) is 21.3 Å². The third kappa shape index (κ3) is 6.27. The minimum absolute atomic E-state index is 0.184. The molecule has 0 rings (SSSR count). The third-order valence-corrected chi connectivity index (χ3v) is 3.13. The summed E-state index contributed by atoms with van der Waals surface area (Å²) in [5, 5.41) is 8.89. The topological polar surface area (TPSA) is 20.2 Å². The molecule has 0 saturated heterocycles. The van der Waals surface area contributed by atoms with Crippen LogP contribution in [-0.4, -0.2) is 11.7 Å². The molecule has 0 saturated carbocycles. The molecule has 13 heavy (non-hydrogen) atoms. The predicted molar refractivity (Wildman–Crippen MR) is 67.0 cm³/mol. The summed E-state index contributed by atoms with van der Waals surface area (Å²) in [5.74, 6) is 0.582. The number of rotatable bonds is 5. The fourth-order valence-corrected chi connectivity index (χ4v) is 1.49. The quantitative estimate of drug-likeness (QED) is 0.606. The van der Waals surface area contributed by atoms with Gasteiger partial charge in [-0.2, -0.15) is 0 Å². The molecule has 0 spiro atoms. The van der Waals surface area contributed by atoms with Crippen molar-refractivity contribution in [2.24, 2.45) is 5.92 Å². The Kier molecular flexibility index (Phi) is 7.66. The maximum absolute atomic E-state index is 8.89. The Morgan fingerprint density at radius 2 is 2.00 bits per heavy atom. The lowest BCUT2D eigenvalue weighted by Crippen LogP contribution is -1.98. The van der Waals surface area contributed by atoms with Gasteiger partial charge in [-0.25, -0.2) is 0 Å². The van der Waals surface area contributed by atoms with Crippen molar-refractivity contribution in [3.8, 4) is 0 Å². The monoisotopic (exact) mass is 294 g/mol. The van der Waals surface area contributed by atoms with Crippen LogP contribution in [0.2, 0.25) is 0 Å². The van der Waals surface area contributed by atoms with Gasteiger partial charge in [0.1, 0.15) is 0 Å². The van der Waals surface area contributed by atoms with E-state index in [-0.39, 0.29) is 6.61 Å². The van der Waals surface area contributed by atoms with Crippen molar-refractivity contribution >= 4 is 22.6 Å². The Balaban J connectivity index is 4.19. The molecule has 0 bridgehead atoms. The van der Waals surface area contributed by atoms with E-state index in [1.54, 1.807) is 0 Å². The second kappa shape index (κ2) is 7.56. The second-order valence-corrected chi connectivity index (χ2v) is 4.12. The normalized spacial score (nSPS) is 16.1. The zero-order valence-corrected chi connectivity index (χ0v) is 10.8. The van der Waals surface area contributed by atoms with Crippen LogP contribution in [0, 0.1) is 5.92 Å². The summed E-state index contributed by atoms with van der Waals surface area (Å²) in [6.07, 6.45) is 4.43. The molecular weight excluding hydrogens is 275 g/mol. The first-order valence-electron chi connectivity index (χ1n) is 4.68. The van der Waals surface area contributed by atoms with Crippen LogP contribution in [0.5, 0.6) is 0 Å². The molecule has 76 valence electrons. The summed E-state index contributed by atoms with van der Waals surface area (Å²) >= 11 is 2.27. The molecule has 0 aliphatic rings. The Labute approximate surface area is 95.1 Å². The first kappa shape index (κ1) is 13.2. The number of hydrogen-bond acceptors (Lipinski definition) is 1. The van der Waals surface area contributed by atoms with E-state index in [2.05, 4.69) is 46.6 Å². The van der Waals surface area contributed by atoms with E-state index >= 15 is 0 Å². The van der Waals surface area contributed by atoms with Crippen LogP contribution in [0.4, 0.5) is 0 Å². The zero-order chi connectivity index (χ0) is 10.3. The molecule has 0 unspecified atom stereocenters. The first-order chi connectivity index (χ1) is 6.13.